The third kappa shape index (κ3) is 9.88. The summed E-state index contributed by atoms with van der Waals surface area (Å²) in [6.07, 6.45) is 2.31. The molecule has 0 aromatic heterocycles. The molecule has 2 unspecified atom stereocenters. The Labute approximate surface area is 244 Å². The average molecular weight is 570 g/mol. The summed E-state index contributed by atoms with van der Waals surface area (Å²) >= 11 is 1.59. The minimum Gasteiger partial charge on any atom is -0.444 e. The Balaban J connectivity index is 2.59. The van der Waals surface area contributed by atoms with Gasteiger partial charge in [0.1, 0.15) is 17.7 Å². The summed E-state index contributed by atoms with van der Waals surface area (Å²) in [6.45, 7) is 15.6. The summed E-state index contributed by atoms with van der Waals surface area (Å²) in [7, 11) is 0. The van der Waals surface area contributed by atoms with E-state index in [-0.39, 0.29) is 11.8 Å². The van der Waals surface area contributed by atoms with E-state index in [1.807, 2.05) is 89.4 Å². The molecule has 220 valence electrons. The Bertz CT molecular complexity index is 1120. The zero-order chi connectivity index (χ0) is 30.1. The first-order valence-corrected chi connectivity index (χ1v) is 15.3. The number of ether oxygens (including phenoxy) is 1. The first-order valence-electron chi connectivity index (χ1n) is 13.9. The highest BCUT2D eigenvalue weighted by Gasteiger charge is 2.43. The lowest BCUT2D eigenvalue weighted by molar-refractivity contribution is -0.149. The zero-order valence-corrected chi connectivity index (χ0v) is 26.4. The Hall–Kier alpha value is -3.00. The van der Waals surface area contributed by atoms with Crippen LogP contribution in [0.15, 0.2) is 48.5 Å². The lowest BCUT2D eigenvalue weighted by atomic mass is 9.90. The molecule has 0 aliphatic heterocycles. The normalized spacial score (nSPS) is 13.2. The van der Waals surface area contributed by atoms with Gasteiger partial charge >= 0.3 is 6.09 Å². The number of nitrogens with one attached hydrogen (secondary N) is 2. The van der Waals surface area contributed by atoms with Crippen LogP contribution < -0.4 is 10.6 Å². The Morgan fingerprint density at radius 1 is 0.975 bits per heavy atom. The van der Waals surface area contributed by atoms with Gasteiger partial charge in [0.15, 0.2) is 0 Å². The monoisotopic (exact) mass is 569 g/mol. The van der Waals surface area contributed by atoms with Crippen molar-refractivity contribution < 1.29 is 19.1 Å². The van der Waals surface area contributed by atoms with Crippen LogP contribution >= 0.6 is 11.8 Å². The standard InChI is InChI=1S/C32H47N3O4S/c1-10-32(7,8)35(29(37)26(16-17-40-9)34-30(38)39-31(4,5)6)27(25-19-22(2)18-23(3)20-25)28(36)33-21-24-14-12-11-13-15-24/h11-15,18-20,26-27H,10,16-17,21H2,1-9H3,(H,33,36)(H,34,38). The van der Waals surface area contributed by atoms with Gasteiger partial charge in [0.2, 0.25) is 11.8 Å². The second-order valence-electron chi connectivity index (χ2n) is 11.9. The highest BCUT2D eigenvalue weighted by molar-refractivity contribution is 7.98. The second kappa shape index (κ2) is 14.6. The molecule has 8 heteroatoms. The molecule has 2 aromatic rings. The summed E-state index contributed by atoms with van der Waals surface area (Å²) in [6, 6.07) is 13.9. The predicted octanol–water partition coefficient (Wildman–Crippen LogP) is 6.32. The van der Waals surface area contributed by atoms with Gasteiger partial charge in [0, 0.05) is 12.1 Å². The van der Waals surface area contributed by atoms with E-state index in [2.05, 4.69) is 10.6 Å². The van der Waals surface area contributed by atoms with Crippen LogP contribution in [0, 0.1) is 13.8 Å². The third-order valence-electron chi connectivity index (χ3n) is 6.73. The van der Waals surface area contributed by atoms with E-state index in [1.54, 1.807) is 37.4 Å². The maximum absolute atomic E-state index is 14.5. The number of benzene rings is 2. The van der Waals surface area contributed by atoms with Gasteiger partial charge in [-0.15, -0.1) is 0 Å². The first kappa shape index (κ1) is 33.2. The molecule has 0 heterocycles. The maximum atomic E-state index is 14.5. The van der Waals surface area contributed by atoms with Crippen molar-refractivity contribution in [2.75, 3.05) is 12.0 Å². The van der Waals surface area contributed by atoms with E-state index < -0.39 is 29.3 Å². The quantitative estimate of drug-likeness (QED) is 0.312. The molecule has 0 aliphatic rings. The number of rotatable bonds is 12. The van der Waals surface area contributed by atoms with Crippen molar-refractivity contribution >= 4 is 29.7 Å². The van der Waals surface area contributed by atoms with Gasteiger partial charge in [0.25, 0.3) is 0 Å². The Kier molecular flexibility index (Phi) is 12.1. The van der Waals surface area contributed by atoms with Gasteiger partial charge in [-0.05, 0) is 84.4 Å². The van der Waals surface area contributed by atoms with Gasteiger partial charge in [-0.2, -0.15) is 11.8 Å². The zero-order valence-electron chi connectivity index (χ0n) is 25.6. The highest BCUT2D eigenvalue weighted by Crippen LogP contribution is 2.33. The Morgan fingerprint density at radius 2 is 1.57 bits per heavy atom. The molecule has 2 aromatic carbocycles. The largest absolute Gasteiger partial charge is 0.444 e. The smallest absolute Gasteiger partial charge is 0.408 e. The van der Waals surface area contributed by atoms with Gasteiger partial charge < -0.3 is 20.3 Å². The van der Waals surface area contributed by atoms with Gasteiger partial charge in [-0.25, -0.2) is 4.79 Å². The minimum absolute atomic E-state index is 0.274. The number of amides is 3. The van der Waals surface area contributed by atoms with Gasteiger partial charge in [-0.1, -0.05) is 66.6 Å². The fraction of sp³-hybridized carbons (Fsp3) is 0.531. The van der Waals surface area contributed by atoms with Crippen molar-refractivity contribution in [3.05, 3.63) is 70.8 Å². The van der Waals surface area contributed by atoms with Crippen LogP contribution in [0.5, 0.6) is 0 Å². The minimum atomic E-state index is -0.901. The van der Waals surface area contributed by atoms with Crippen molar-refractivity contribution in [3.63, 3.8) is 0 Å². The number of carbonyl (C=O) groups excluding carboxylic acids is 3. The van der Waals surface area contributed by atoms with Crippen LogP contribution in [0.4, 0.5) is 4.79 Å². The second-order valence-corrected chi connectivity index (χ2v) is 12.9. The van der Waals surface area contributed by atoms with Crippen LogP contribution in [-0.2, 0) is 20.9 Å². The summed E-state index contributed by atoms with van der Waals surface area (Å²) in [4.78, 5) is 43.0. The third-order valence-corrected chi connectivity index (χ3v) is 7.37. The van der Waals surface area contributed by atoms with Crippen molar-refractivity contribution in [1.29, 1.82) is 0 Å². The SMILES string of the molecule is CCC(C)(C)N(C(=O)C(CCSC)NC(=O)OC(C)(C)C)C(C(=O)NCc1ccccc1)c1cc(C)cc(C)c1. The van der Waals surface area contributed by atoms with E-state index in [0.717, 1.165) is 22.3 Å². The van der Waals surface area contributed by atoms with E-state index in [1.165, 1.54) is 0 Å². The van der Waals surface area contributed by atoms with Crippen LogP contribution in [0.25, 0.3) is 0 Å². The van der Waals surface area contributed by atoms with Crippen LogP contribution in [-0.4, -0.2) is 52.0 Å². The molecule has 2 N–H and O–H groups in total. The number of alkyl carbamates (subject to hydrolysis) is 1. The lowest BCUT2D eigenvalue weighted by Gasteiger charge is -2.44. The maximum Gasteiger partial charge on any atom is 0.408 e. The van der Waals surface area contributed by atoms with E-state index in [0.29, 0.717) is 25.1 Å². The molecule has 0 radical (unpaired) electrons. The summed E-state index contributed by atoms with van der Waals surface area (Å²) < 4.78 is 5.49. The number of aryl methyl sites for hydroxylation is 2. The molecular formula is C32H47N3O4S. The van der Waals surface area contributed by atoms with Crippen LogP contribution in [0.3, 0.4) is 0 Å². The topological polar surface area (TPSA) is 87.7 Å². The molecule has 2 atom stereocenters. The lowest BCUT2D eigenvalue weighted by Crippen LogP contribution is -2.59. The molecule has 0 saturated heterocycles. The molecule has 0 saturated carbocycles. The number of hydrogen-bond donors (Lipinski definition) is 2. The van der Waals surface area contributed by atoms with Crippen molar-refractivity contribution in [1.82, 2.24) is 15.5 Å². The molecule has 0 spiro atoms. The fourth-order valence-corrected chi connectivity index (χ4v) is 4.99. The van der Waals surface area contributed by atoms with Gasteiger partial charge in [-0.3, -0.25) is 9.59 Å². The fourth-order valence-electron chi connectivity index (χ4n) is 4.52. The van der Waals surface area contributed by atoms with Crippen LogP contribution in [0.1, 0.15) is 82.7 Å². The van der Waals surface area contributed by atoms with Gasteiger partial charge in [0.05, 0.1) is 0 Å². The number of thioether (sulfide) groups is 1. The molecule has 0 aliphatic carbocycles. The predicted molar refractivity (Wildman–Crippen MR) is 164 cm³/mol. The summed E-state index contributed by atoms with van der Waals surface area (Å²) in [5, 5.41) is 5.89. The molecule has 2 rings (SSSR count). The highest BCUT2D eigenvalue weighted by atomic mass is 32.2. The first-order chi connectivity index (χ1) is 18.7. The average Bonchev–Trinajstić information content (AvgIpc) is 2.86. The van der Waals surface area contributed by atoms with Crippen molar-refractivity contribution in [3.8, 4) is 0 Å². The number of hydrogen-bond acceptors (Lipinski definition) is 5. The number of carbonyl (C=O) groups is 3. The molecule has 0 fully saturated rings. The number of nitrogens with zero attached hydrogens (tertiary/aromatic N) is 1. The van der Waals surface area contributed by atoms with Crippen molar-refractivity contribution in [2.45, 2.75) is 98.0 Å². The molecule has 0 bridgehead atoms. The molecule has 40 heavy (non-hydrogen) atoms. The molecule has 3 amide bonds. The summed E-state index contributed by atoms with van der Waals surface area (Å²) in [5.74, 6) is 0.0662. The summed E-state index contributed by atoms with van der Waals surface area (Å²) in [5.41, 5.74) is 2.30. The van der Waals surface area contributed by atoms with Crippen LogP contribution in [0.2, 0.25) is 0 Å². The van der Waals surface area contributed by atoms with E-state index >= 15 is 0 Å². The Morgan fingerprint density at radius 3 is 2.10 bits per heavy atom. The van der Waals surface area contributed by atoms with E-state index in [4.69, 9.17) is 4.74 Å². The molecular weight excluding hydrogens is 522 g/mol. The van der Waals surface area contributed by atoms with Crippen molar-refractivity contribution in [2.24, 2.45) is 0 Å². The van der Waals surface area contributed by atoms with E-state index in [9.17, 15) is 14.4 Å². The molecule has 7 nitrogen and oxygen atoms in total.